The summed E-state index contributed by atoms with van der Waals surface area (Å²) in [5, 5.41) is 19.1. The second-order valence-corrected chi connectivity index (χ2v) is 10.4. The highest BCUT2D eigenvalue weighted by molar-refractivity contribution is 8.05. The molecule has 2 fully saturated rings. The molecule has 1 aliphatic heterocycles. The van der Waals surface area contributed by atoms with E-state index in [1.807, 2.05) is 6.07 Å². The molecule has 2 heterocycles. The Hall–Kier alpha value is -3.20. The molecule has 4 N–H and O–H groups in total. The van der Waals surface area contributed by atoms with E-state index in [9.17, 15) is 9.90 Å². The maximum Gasteiger partial charge on any atom is 0.260 e. The minimum absolute atomic E-state index is 0.281. The van der Waals surface area contributed by atoms with Crippen LogP contribution in [-0.4, -0.2) is 39.1 Å². The molecule has 1 saturated heterocycles. The number of benzene rings is 2. The molecule has 8 heteroatoms. The van der Waals surface area contributed by atoms with Crippen molar-refractivity contribution in [3.05, 3.63) is 83.0 Å². The summed E-state index contributed by atoms with van der Waals surface area (Å²) in [5.41, 5.74) is 3.56. The zero-order chi connectivity index (χ0) is 24.7. The van der Waals surface area contributed by atoms with Crippen LogP contribution in [0.2, 0.25) is 0 Å². The molecule has 0 radical (unpaired) electrons. The number of carbonyl (C=O) groups excluding carboxylic acids is 1. The zero-order valence-corrected chi connectivity index (χ0v) is 20.9. The van der Waals surface area contributed by atoms with Crippen LogP contribution < -0.4 is 16.0 Å². The van der Waals surface area contributed by atoms with E-state index in [1.54, 1.807) is 18.3 Å². The van der Waals surface area contributed by atoms with Crippen molar-refractivity contribution in [2.45, 2.75) is 43.8 Å². The van der Waals surface area contributed by atoms with Crippen molar-refractivity contribution in [2.75, 3.05) is 11.9 Å². The number of aliphatic hydroxyl groups excluding tert-OH is 1. The van der Waals surface area contributed by atoms with E-state index in [0.717, 1.165) is 50.5 Å². The van der Waals surface area contributed by atoms with Crippen molar-refractivity contribution in [2.24, 2.45) is 5.92 Å². The minimum atomic E-state index is -0.896. The molecule has 36 heavy (non-hydrogen) atoms. The molecule has 3 aromatic rings. The van der Waals surface area contributed by atoms with Crippen molar-refractivity contribution in [1.82, 2.24) is 20.6 Å². The first-order valence-corrected chi connectivity index (χ1v) is 13.3. The second-order valence-electron chi connectivity index (χ2n) is 9.32. The molecule has 186 valence electrons. The summed E-state index contributed by atoms with van der Waals surface area (Å²) < 4.78 is 0. The molecule has 0 spiro atoms. The van der Waals surface area contributed by atoms with Gasteiger partial charge in [-0.3, -0.25) is 4.79 Å². The molecule has 1 atom stereocenters. The Morgan fingerprint density at radius 2 is 1.83 bits per heavy atom. The van der Waals surface area contributed by atoms with E-state index in [1.165, 1.54) is 16.7 Å². The van der Waals surface area contributed by atoms with Crippen LogP contribution in [0.3, 0.4) is 0 Å². The van der Waals surface area contributed by atoms with Gasteiger partial charge in [-0.25, -0.2) is 9.97 Å². The number of aromatic nitrogens is 2. The van der Waals surface area contributed by atoms with Gasteiger partial charge in [-0.1, -0.05) is 60.3 Å². The van der Waals surface area contributed by atoms with E-state index in [4.69, 9.17) is 0 Å². The molecule has 7 nitrogen and oxygen atoms in total. The van der Waals surface area contributed by atoms with Gasteiger partial charge in [-0.05, 0) is 73.0 Å². The summed E-state index contributed by atoms with van der Waals surface area (Å²) in [4.78, 5) is 21.2. The largest absolute Gasteiger partial charge is 0.364 e. The number of aliphatic hydroxyl groups is 1. The lowest BCUT2D eigenvalue weighted by Gasteiger charge is -2.29. The van der Waals surface area contributed by atoms with E-state index < -0.39 is 5.56 Å². The quantitative estimate of drug-likeness (QED) is 0.340. The van der Waals surface area contributed by atoms with Crippen LogP contribution >= 0.6 is 11.8 Å². The van der Waals surface area contributed by atoms with E-state index in [2.05, 4.69) is 74.4 Å². The Bertz CT molecular complexity index is 1210. The second kappa shape index (κ2) is 11.7. The third-order valence-electron chi connectivity index (χ3n) is 6.65. The van der Waals surface area contributed by atoms with E-state index in [0.29, 0.717) is 28.5 Å². The predicted octanol–water partition coefficient (Wildman–Crippen LogP) is 4.38. The number of rotatable bonds is 8. The molecule has 2 aliphatic rings. The van der Waals surface area contributed by atoms with Crippen molar-refractivity contribution in [3.8, 4) is 11.1 Å². The summed E-state index contributed by atoms with van der Waals surface area (Å²) in [7, 11) is 0. The number of thioether (sulfide) groups is 1. The van der Waals surface area contributed by atoms with Crippen LogP contribution in [-0.2, 0) is 11.3 Å². The Labute approximate surface area is 215 Å². The molecule has 5 rings (SSSR count). The van der Waals surface area contributed by atoms with Gasteiger partial charge in [0.1, 0.15) is 0 Å². The average molecular weight is 502 g/mol. The third kappa shape index (κ3) is 6.51. The van der Waals surface area contributed by atoms with Crippen molar-refractivity contribution < 1.29 is 9.90 Å². The summed E-state index contributed by atoms with van der Waals surface area (Å²) in [5.74, 6) is 0.964. The van der Waals surface area contributed by atoms with Crippen molar-refractivity contribution in [1.29, 1.82) is 0 Å². The summed E-state index contributed by atoms with van der Waals surface area (Å²) in [6.07, 6.45) is 7.85. The maximum atomic E-state index is 11.8. The Morgan fingerprint density at radius 1 is 1.03 bits per heavy atom. The fourth-order valence-corrected chi connectivity index (χ4v) is 5.51. The van der Waals surface area contributed by atoms with Crippen LogP contribution in [0.1, 0.15) is 36.9 Å². The molecule has 1 aliphatic carbocycles. The van der Waals surface area contributed by atoms with Crippen LogP contribution in [0, 0.1) is 5.92 Å². The van der Waals surface area contributed by atoms with Crippen LogP contribution in [0.15, 0.2) is 71.8 Å². The van der Waals surface area contributed by atoms with E-state index in [-0.39, 0.29) is 5.91 Å². The minimum Gasteiger partial charge on any atom is -0.364 e. The summed E-state index contributed by atoms with van der Waals surface area (Å²) in [6, 6.07) is 21.4. The Kier molecular flexibility index (Phi) is 7.95. The van der Waals surface area contributed by atoms with Gasteiger partial charge in [0.25, 0.3) is 5.91 Å². The monoisotopic (exact) mass is 501 g/mol. The lowest BCUT2D eigenvalue weighted by molar-refractivity contribution is -0.117. The molecule has 1 amide bonds. The number of anilines is 1. The molecule has 1 aromatic heterocycles. The Morgan fingerprint density at radius 3 is 2.61 bits per heavy atom. The molecule has 1 unspecified atom stereocenters. The summed E-state index contributed by atoms with van der Waals surface area (Å²) >= 11 is 1.08. The van der Waals surface area contributed by atoms with Gasteiger partial charge in [0.05, 0.1) is 10.6 Å². The highest BCUT2D eigenvalue weighted by Crippen LogP contribution is 2.28. The van der Waals surface area contributed by atoms with Gasteiger partial charge in [0.15, 0.2) is 5.56 Å². The Balaban J connectivity index is 1.07. The SMILES string of the molecule is O=C1NC(O)S/C1=C\c1ccnc(NC2CCC(CNCc3cccc(-c4ccccc4)c3)CC2)n1. The van der Waals surface area contributed by atoms with Crippen molar-refractivity contribution >= 4 is 29.7 Å². The van der Waals surface area contributed by atoms with Gasteiger partial charge < -0.3 is 21.1 Å². The maximum absolute atomic E-state index is 11.8. The fraction of sp³-hybridized carbons (Fsp3) is 0.321. The molecular weight excluding hydrogens is 470 g/mol. The molecule has 1 saturated carbocycles. The number of nitrogens with zero attached hydrogens (tertiary/aromatic N) is 2. The first-order valence-electron chi connectivity index (χ1n) is 12.4. The lowest BCUT2D eigenvalue weighted by Crippen LogP contribution is -2.31. The van der Waals surface area contributed by atoms with Gasteiger partial charge >= 0.3 is 0 Å². The highest BCUT2D eigenvalue weighted by atomic mass is 32.2. The number of hydrogen-bond acceptors (Lipinski definition) is 7. The number of carbonyl (C=O) groups is 1. The fourth-order valence-electron chi connectivity index (χ4n) is 4.75. The normalized spacial score (nSPS) is 23.0. The van der Waals surface area contributed by atoms with Gasteiger partial charge in [0.2, 0.25) is 5.95 Å². The summed E-state index contributed by atoms with van der Waals surface area (Å²) in [6.45, 7) is 1.90. The highest BCUT2D eigenvalue weighted by Gasteiger charge is 2.25. The zero-order valence-electron chi connectivity index (χ0n) is 20.1. The topological polar surface area (TPSA) is 99.2 Å². The number of amides is 1. The molecular formula is C28H31N5O2S. The average Bonchev–Trinajstić information content (AvgIpc) is 3.22. The smallest absolute Gasteiger partial charge is 0.260 e. The standard InChI is InChI=1S/C28H31N5O2S/c34-26-25(36-28(35)33-26)16-24-13-14-30-27(32-24)31-23-11-9-19(10-12-23)17-29-18-20-5-4-8-22(15-20)21-6-2-1-3-7-21/h1-8,13-16,19,23,28-29,35H,9-12,17-18H2,(H,33,34)(H,30,31,32)/b25-16-. The number of hydrogen-bond donors (Lipinski definition) is 4. The van der Waals surface area contributed by atoms with Crippen molar-refractivity contribution in [3.63, 3.8) is 0 Å². The van der Waals surface area contributed by atoms with Crippen LogP contribution in [0.4, 0.5) is 5.95 Å². The van der Waals surface area contributed by atoms with E-state index >= 15 is 0 Å². The lowest BCUT2D eigenvalue weighted by atomic mass is 9.86. The molecule has 0 bridgehead atoms. The van der Waals surface area contributed by atoms with Gasteiger partial charge in [-0.2, -0.15) is 0 Å². The van der Waals surface area contributed by atoms with Gasteiger partial charge in [0, 0.05) is 18.8 Å². The third-order valence-corrected chi connectivity index (χ3v) is 7.55. The van der Waals surface area contributed by atoms with Crippen LogP contribution in [0.5, 0.6) is 0 Å². The molecule has 2 aromatic carbocycles. The first-order chi connectivity index (χ1) is 17.6. The van der Waals surface area contributed by atoms with Crippen LogP contribution in [0.25, 0.3) is 17.2 Å². The van der Waals surface area contributed by atoms with Gasteiger partial charge in [-0.15, -0.1) is 0 Å². The number of nitrogens with one attached hydrogen (secondary N) is 3. The first kappa shape index (κ1) is 24.5. The predicted molar refractivity (Wildman–Crippen MR) is 145 cm³/mol.